The normalized spacial score (nSPS) is 19.6. The van der Waals surface area contributed by atoms with Gasteiger partial charge in [0.1, 0.15) is 0 Å². The Morgan fingerprint density at radius 3 is 2.42 bits per heavy atom. The van der Waals surface area contributed by atoms with Gasteiger partial charge in [0.2, 0.25) is 11.9 Å². The van der Waals surface area contributed by atoms with E-state index in [0.29, 0.717) is 49.4 Å². The summed E-state index contributed by atoms with van der Waals surface area (Å²) in [6.07, 6.45) is 6.04. The highest BCUT2D eigenvalue weighted by Gasteiger charge is 2.31. The summed E-state index contributed by atoms with van der Waals surface area (Å²) in [5, 5.41) is 3.53. The molecule has 2 aromatic rings. The summed E-state index contributed by atoms with van der Waals surface area (Å²) < 4.78 is 0. The van der Waals surface area contributed by atoms with Crippen LogP contribution in [0.25, 0.3) is 0 Å². The number of aromatic nitrogens is 2. The van der Waals surface area contributed by atoms with Crippen LogP contribution in [0.4, 0.5) is 16.4 Å². The number of urea groups is 1. The van der Waals surface area contributed by atoms with Crippen molar-refractivity contribution in [2.45, 2.75) is 19.3 Å². The molecule has 0 spiro atoms. The van der Waals surface area contributed by atoms with Crippen LogP contribution in [0.5, 0.6) is 0 Å². The summed E-state index contributed by atoms with van der Waals surface area (Å²) in [6.45, 7) is 3.86. The molecule has 4 rings (SSSR count). The molecule has 0 radical (unpaired) electrons. The van der Waals surface area contributed by atoms with Crippen LogP contribution in [0.3, 0.4) is 0 Å². The van der Waals surface area contributed by atoms with E-state index in [-0.39, 0.29) is 17.9 Å². The number of carbonyl (C=O) groups is 2. The Morgan fingerprint density at radius 1 is 0.935 bits per heavy atom. The van der Waals surface area contributed by atoms with Crippen LogP contribution in [-0.4, -0.2) is 71.0 Å². The van der Waals surface area contributed by atoms with Crippen molar-refractivity contribution in [3.05, 3.63) is 47.7 Å². The number of nitrogens with zero attached hydrogens (tertiary/aromatic N) is 5. The maximum atomic E-state index is 13.2. The zero-order valence-corrected chi connectivity index (χ0v) is 18.2. The van der Waals surface area contributed by atoms with E-state index in [1.54, 1.807) is 47.6 Å². The van der Waals surface area contributed by atoms with Crippen molar-refractivity contribution in [2.24, 2.45) is 5.92 Å². The fourth-order valence-electron chi connectivity index (χ4n) is 4.15. The largest absolute Gasteiger partial charge is 0.341 e. The highest BCUT2D eigenvalue weighted by Crippen LogP contribution is 2.22. The molecule has 2 fully saturated rings. The Labute approximate surface area is 187 Å². The van der Waals surface area contributed by atoms with Crippen LogP contribution in [-0.2, 0) is 4.79 Å². The first kappa shape index (κ1) is 21.4. The molecule has 3 heterocycles. The summed E-state index contributed by atoms with van der Waals surface area (Å²) >= 11 is 5.90. The third-order valence-electron chi connectivity index (χ3n) is 5.80. The summed E-state index contributed by atoms with van der Waals surface area (Å²) in [7, 11) is 0. The van der Waals surface area contributed by atoms with Crippen molar-refractivity contribution in [3.8, 4) is 0 Å². The van der Waals surface area contributed by atoms with Crippen molar-refractivity contribution >= 4 is 35.2 Å². The van der Waals surface area contributed by atoms with Gasteiger partial charge in [-0.05, 0) is 49.6 Å². The molecule has 3 amide bonds. The van der Waals surface area contributed by atoms with Gasteiger partial charge in [0, 0.05) is 62.4 Å². The van der Waals surface area contributed by atoms with E-state index in [1.165, 1.54) is 0 Å². The lowest BCUT2D eigenvalue weighted by Crippen LogP contribution is -2.46. The second-order valence-corrected chi connectivity index (χ2v) is 8.37. The molecule has 9 heteroatoms. The van der Waals surface area contributed by atoms with Gasteiger partial charge in [0.15, 0.2) is 0 Å². The number of nitrogens with one attached hydrogen (secondary N) is 1. The molecule has 1 atom stereocenters. The van der Waals surface area contributed by atoms with E-state index in [9.17, 15) is 9.59 Å². The summed E-state index contributed by atoms with van der Waals surface area (Å²) in [4.78, 5) is 40.3. The summed E-state index contributed by atoms with van der Waals surface area (Å²) in [6, 6.07) is 8.68. The molecule has 1 unspecified atom stereocenters. The Morgan fingerprint density at radius 2 is 1.65 bits per heavy atom. The quantitative estimate of drug-likeness (QED) is 0.789. The number of halogens is 1. The molecule has 1 aromatic heterocycles. The minimum absolute atomic E-state index is 0.0630. The lowest BCUT2D eigenvalue weighted by molar-refractivity contribution is -0.135. The molecular formula is C22H27ClN6O2. The molecule has 0 saturated carbocycles. The molecule has 164 valence electrons. The first-order chi connectivity index (χ1) is 15.1. The lowest BCUT2D eigenvalue weighted by Gasteiger charge is -2.34. The standard InChI is InChI=1S/C22H27ClN6O2/c23-18-5-7-19(8-6-18)26-22(31)28-13-3-12-27(14-15-28)20(30)17-4-1-11-29(16-17)21-24-9-2-10-25-21/h2,5-10,17H,1,3-4,11-16H2,(H,26,31). The fourth-order valence-corrected chi connectivity index (χ4v) is 4.28. The van der Waals surface area contributed by atoms with Gasteiger partial charge in [-0.2, -0.15) is 0 Å². The fraction of sp³-hybridized carbons (Fsp3) is 0.455. The molecule has 1 N–H and O–H groups in total. The van der Waals surface area contributed by atoms with E-state index < -0.39 is 0 Å². The third-order valence-corrected chi connectivity index (χ3v) is 6.05. The average molecular weight is 443 g/mol. The Bertz CT molecular complexity index is 895. The van der Waals surface area contributed by atoms with Crippen LogP contribution in [0.2, 0.25) is 5.02 Å². The SMILES string of the molecule is O=C(Nc1ccc(Cl)cc1)N1CCCN(C(=O)C2CCCN(c3ncccn3)C2)CC1. The molecule has 2 aliphatic rings. The van der Waals surface area contributed by atoms with Crippen LogP contribution in [0, 0.1) is 5.92 Å². The van der Waals surface area contributed by atoms with Crippen LogP contribution < -0.4 is 10.2 Å². The number of hydrogen-bond acceptors (Lipinski definition) is 5. The number of anilines is 2. The van der Waals surface area contributed by atoms with Crippen molar-refractivity contribution in [2.75, 3.05) is 49.5 Å². The molecule has 1 aromatic carbocycles. The van der Waals surface area contributed by atoms with E-state index in [0.717, 1.165) is 25.8 Å². The molecule has 8 nitrogen and oxygen atoms in total. The van der Waals surface area contributed by atoms with Gasteiger partial charge in [0.05, 0.1) is 5.92 Å². The monoisotopic (exact) mass is 442 g/mol. The van der Waals surface area contributed by atoms with E-state index in [1.807, 2.05) is 4.90 Å². The predicted molar refractivity (Wildman–Crippen MR) is 120 cm³/mol. The third kappa shape index (κ3) is 5.44. The maximum absolute atomic E-state index is 13.2. The van der Waals surface area contributed by atoms with E-state index in [4.69, 9.17) is 11.6 Å². The Hall–Kier alpha value is -2.87. The number of amides is 3. The zero-order chi connectivity index (χ0) is 21.6. The van der Waals surface area contributed by atoms with Gasteiger partial charge in [-0.1, -0.05) is 11.6 Å². The van der Waals surface area contributed by atoms with Gasteiger partial charge in [-0.3, -0.25) is 4.79 Å². The van der Waals surface area contributed by atoms with Crippen LogP contribution >= 0.6 is 11.6 Å². The van der Waals surface area contributed by atoms with Crippen molar-refractivity contribution in [1.29, 1.82) is 0 Å². The van der Waals surface area contributed by atoms with Crippen LogP contribution in [0.15, 0.2) is 42.7 Å². The molecule has 0 aliphatic carbocycles. The van der Waals surface area contributed by atoms with Crippen molar-refractivity contribution < 1.29 is 9.59 Å². The number of carbonyl (C=O) groups excluding carboxylic acids is 2. The second-order valence-electron chi connectivity index (χ2n) is 7.94. The van der Waals surface area contributed by atoms with Gasteiger partial charge in [-0.25, -0.2) is 14.8 Å². The first-order valence-electron chi connectivity index (χ1n) is 10.7. The topological polar surface area (TPSA) is 81.7 Å². The maximum Gasteiger partial charge on any atom is 0.321 e. The van der Waals surface area contributed by atoms with E-state index in [2.05, 4.69) is 20.2 Å². The van der Waals surface area contributed by atoms with Gasteiger partial charge < -0.3 is 20.0 Å². The smallest absolute Gasteiger partial charge is 0.321 e. The van der Waals surface area contributed by atoms with Crippen molar-refractivity contribution in [3.63, 3.8) is 0 Å². The number of hydrogen-bond donors (Lipinski definition) is 1. The number of rotatable bonds is 3. The lowest BCUT2D eigenvalue weighted by atomic mass is 9.96. The molecule has 2 aliphatic heterocycles. The van der Waals surface area contributed by atoms with Crippen molar-refractivity contribution in [1.82, 2.24) is 19.8 Å². The predicted octanol–water partition coefficient (Wildman–Crippen LogP) is 3.11. The Balaban J connectivity index is 1.32. The zero-order valence-electron chi connectivity index (χ0n) is 17.4. The van der Waals surface area contributed by atoms with Crippen LogP contribution in [0.1, 0.15) is 19.3 Å². The molecule has 2 saturated heterocycles. The Kier molecular flexibility index (Phi) is 6.86. The first-order valence-corrected chi connectivity index (χ1v) is 11.1. The van der Waals surface area contributed by atoms with Gasteiger partial charge in [-0.15, -0.1) is 0 Å². The second kappa shape index (κ2) is 9.96. The van der Waals surface area contributed by atoms with Gasteiger partial charge >= 0.3 is 6.03 Å². The minimum atomic E-state index is -0.151. The highest BCUT2D eigenvalue weighted by molar-refractivity contribution is 6.30. The van der Waals surface area contributed by atoms with E-state index >= 15 is 0 Å². The average Bonchev–Trinajstić information content (AvgIpc) is 3.07. The number of piperidine rings is 1. The minimum Gasteiger partial charge on any atom is -0.341 e. The summed E-state index contributed by atoms with van der Waals surface area (Å²) in [5.74, 6) is 0.786. The number of benzene rings is 1. The molecule has 0 bridgehead atoms. The van der Waals surface area contributed by atoms with Gasteiger partial charge in [0.25, 0.3) is 0 Å². The molecule has 31 heavy (non-hydrogen) atoms. The molecular weight excluding hydrogens is 416 g/mol. The summed E-state index contributed by atoms with van der Waals surface area (Å²) in [5.41, 5.74) is 0.706. The highest BCUT2D eigenvalue weighted by atomic mass is 35.5.